The highest BCUT2D eigenvalue weighted by Gasteiger charge is 2.18. The van der Waals surface area contributed by atoms with Crippen molar-refractivity contribution < 1.29 is 4.39 Å². The topological polar surface area (TPSA) is 25.2 Å². The number of likely N-dealkylation sites (N-methyl/N-ethyl adjacent to an activating group) is 1. The largest absolute Gasteiger partial charge is 0.307 e. The third kappa shape index (κ3) is 3.93. The average molecular weight is 374 g/mol. The lowest BCUT2D eigenvalue weighted by Gasteiger charge is -2.24. The fourth-order valence-electron chi connectivity index (χ4n) is 2.16. The predicted octanol–water partition coefficient (Wildman–Crippen LogP) is 3.55. The molecule has 0 fully saturated rings. The van der Waals surface area contributed by atoms with Gasteiger partial charge in [-0.25, -0.2) is 4.39 Å². The fourth-order valence-corrected chi connectivity index (χ4v) is 2.65. The summed E-state index contributed by atoms with van der Waals surface area (Å²) < 4.78 is 15.4. The molecule has 2 aromatic rings. The number of halogens is 3. The summed E-state index contributed by atoms with van der Waals surface area (Å²) in [7, 11) is 3.80. The second-order valence-electron chi connectivity index (χ2n) is 5.05. The van der Waals surface area contributed by atoms with Crippen LogP contribution in [-0.2, 0) is 0 Å². The number of rotatable bonds is 4. The maximum Gasteiger partial charge on any atom is 0.252 e. The van der Waals surface area contributed by atoms with Gasteiger partial charge in [-0.05, 0) is 47.7 Å². The van der Waals surface area contributed by atoms with E-state index in [1.165, 1.54) is 16.8 Å². The van der Waals surface area contributed by atoms with Crippen LogP contribution in [0.2, 0.25) is 5.02 Å². The lowest BCUT2D eigenvalue weighted by atomic mass is 10.1. The van der Waals surface area contributed by atoms with Crippen molar-refractivity contribution in [2.24, 2.45) is 0 Å². The molecule has 1 heterocycles. The van der Waals surface area contributed by atoms with Gasteiger partial charge in [-0.15, -0.1) is 0 Å². The molecule has 1 aromatic carbocycles. The maximum absolute atomic E-state index is 13.8. The molecule has 0 N–H and O–H groups in total. The molecule has 0 amide bonds. The second-order valence-corrected chi connectivity index (χ2v) is 6.34. The molecule has 112 valence electrons. The monoisotopic (exact) mass is 372 g/mol. The smallest absolute Gasteiger partial charge is 0.252 e. The lowest BCUT2D eigenvalue weighted by molar-refractivity contribution is 0.344. The van der Waals surface area contributed by atoms with E-state index >= 15 is 0 Å². The van der Waals surface area contributed by atoms with Gasteiger partial charge in [-0.1, -0.05) is 23.7 Å². The van der Waals surface area contributed by atoms with Crippen molar-refractivity contribution in [1.29, 1.82) is 0 Å². The third-order valence-corrected chi connectivity index (χ3v) is 3.94. The zero-order chi connectivity index (χ0) is 15.6. The van der Waals surface area contributed by atoms with E-state index in [9.17, 15) is 9.18 Å². The maximum atomic E-state index is 13.8. The van der Waals surface area contributed by atoms with E-state index in [-0.39, 0.29) is 16.1 Å². The van der Waals surface area contributed by atoms with E-state index in [1.54, 1.807) is 12.1 Å². The minimum absolute atomic E-state index is 0.165. The van der Waals surface area contributed by atoms with Gasteiger partial charge in [0, 0.05) is 23.8 Å². The summed E-state index contributed by atoms with van der Waals surface area (Å²) in [6, 6.07) is 8.19. The van der Waals surface area contributed by atoms with Gasteiger partial charge in [0.1, 0.15) is 0 Å². The van der Waals surface area contributed by atoms with E-state index in [2.05, 4.69) is 15.9 Å². The third-order valence-electron chi connectivity index (χ3n) is 3.09. The summed E-state index contributed by atoms with van der Waals surface area (Å²) in [4.78, 5) is 14.1. The van der Waals surface area contributed by atoms with Crippen LogP contribution in [0.3, 0.4) is 0 Å². The van der Waals surface area contributed by atoms with E-state index < -0.39 is 5.82 Å². The van der Waals surface area contributed by atoms with Crippen molar-refractivity contribution in [2.45, 2.75) is 6.04 Å². The SMILES string of the molecule is CN(C)CC(c1cccc(Cl)c1)n1cc(F)c(Br)cc1=O. The van der Waals surface area contributed by atoms with E-state index in [0.717, 1.165) is 5.56 Å². The molecule has 3 nitrogen and oxygen atoms in total. The van der Waals surface area contributed by atoms with Gasteiger partial charge >= 0.3 is 0 Å². The van der Waals surface area contributed by atoms with Gasteiger partial charge in [-0.2, -0.15) is 0 Å². The summed E-state index contributed by atoms with van der Waals surface area (Å²) >= 11 is 9.05. The molecule has 0 aliphatic carbocycles. The van der Waals surface area contributed by atoms with Gasteiger partial charge in [-0.3, -0.25) is 4.79 Å². The summed E-state index contributed by atoms with van der Waals surface area (Å²) in [5.41, 5.74) is 0.593. The van der Waals surface area contributed by atoms with Gasteiger partial charge < -0.3 is 9.47 Å². The van der Waals surface area contributed by atoms with Crippen molar-refractivity contribution in [1.82, 2.24) is 9.47 Å². The average Bonchev–Trinajstić information content (AvgIpc) is 2.40. The molecule has 0 saturated carbocycles. The number of aromatic nitrogens is 1. The molecule has 1 unspecified atom stereocenters. The Labute approximate surface area is 136 Å². The Balaban J connectivity index is 2.56. The summed E-state index contributed by atoms with van der Waals surface area (Å²) in [6.07, 6.45) is 1.22. The van der Waals surface area contributed by atoms with Crippen molar-refractivity contribution in [3.8, 4) is 0 Å². The van der Waals surface area contributed by atoms with E-state index in [1.807, 2.05) is 31.1 Å². The lowest BCUT2D eigenvalue weighted by Crippen LogP contribution is -2.32. The Bertz CT molecular complexity index is 702. The number of nitrogens with zero attached hydrogens (tertiary/aromatic N) is 2. The quantitative estimate of drug-likeness (QED) is 0.819. The van der Waals surface area contributed by atoms with Crippen LogP contribution in [0.1, 0.15) is 11.6 Å². The highest BCUT2D eigenvalue weighted by molar-refractivity contribution is 9.10. The minimum Gasteiger partial charge on any atom is -0.307 e. The number of hydrogen-bond acceptors (Lipinski definition) is 2. The molecular weight excluding hydrogens is 359 g/mol. The van der Waals surface area contributed by atoms with E-state index in [4.69, 9.17) is 11.6 Å². The van der Waals surface area contributed by atoms with Gasteiger partial charge in [0.2, 0.25) is 0 Å². The summed E-state index contributed by atoms with van der Waals surface area (Å²) in [5.74, 6) is -0.472. The minimum atomic E-state index is -0.472. The molecule has 0 aliphatic rings. The molecular formula is C15H15BrClFN2O. The second kappa shape index (κ2) is 6.73. The van der Waals surface area contributed by atoms with Crippen molar-refractivity contribution >= 4 is 27.5 Å². The zero-order valence-corrected chi connectivity index (χ0v) is 14.0. The molecule has 2 rings (SSSR count). The van der Waals surface area contributed by atoms with Crippen LogP contribution >= 0.6 is 27.5 Å². The Morgan fingerprint density at radius 2 is 2.10 bits per heavy atom. The van der Waals surface area contributed by atoms with Crippen molar-refractivity contribution in [2.75, 3.05) is 20.6 Å². The highest BCUT2D eigenvalue weighted by Crippen LogP contribution is 2.22. The van der Waals surface area contributed by atoms with Crippen molar-refractivity contribution in [3.63, 3.8) is 0 Å². The van der Waals surface area contributed by atoms with Crippen LogP contribution in [0.5, 0.6) is 0 Å². The Morgan fingerprint density at radius 1 is 1.38 bits per heavy atom. The van der Waals surface area contributed by atoms with Crippen LogP contribution in [0.4, 0.5) is 4.39 Å². The van der Waals surface area contributed by atoms with Crippen LogP contribution < -0.4 is 5.56 Å². The molecule has 1 aromatic heterocycles. The Kier molecular flexibility index (Phi) is 5.19. The molecule has 0 radical (unpaired) electrons. The first-order valence-corrected chi connectivity index (χ1v) is 7.53. The van der Waals surface area contributed by atoms with Crippen LogP contribution in [0.15, 0.2) is 45.8 Å². The zero-order valence-electron chi connectivity index (χ0n) is 11.7. The number of benzene rings is 1. The normalized spacial score (nSPS) is 12.7. The van der Waals surface area contributed by atoms with E-state index in [0.29, 0.717) is 11.6 Å². The standard InChI is InChI=1S/C15H15BrClFN2O/c1-19(2)9-14(10-4-3-5-11(17)6-10)20-8-13(18)12(16)7-15(20)21/h3-8,14H,9H2,1-2H3. The Morgan fingerprint density at radius 3 is 2.71 bits per heavy atom. The van der Waals surface area contributed by atoms with Crippen LogP contribution in [0, 0.1) is 5.82 Å². The molecule has 21 heavy (non-hydrogen) atoms. The fraction of sp³-hybridized carbons (Fsp3) is 0.267. The van der Waals surface area contributed by atoms with Gasteiger partial charge in [0.25, 0.3) is 5.56 Å². The first-order chi connectivity index (χ1) is 9.88. The predicted molar refractivity (Wildman–Crippen MR) is 86.5 cm³/mol. The van der Waals surface area contributed by atoms with Gasteiger partial charge in [0.15, 0.2) is 5.82 Å². The van der Waals surface area contributed by atoms with Crippen molar-refractivity contribution in [3.05, 3.63) is 67.8 Å². The number of pyridine rings is 1. The Hall–Kier alpha value is -1.17. The first kappa shape index (κ1) is 16.2. The molecule has 0 aliphatic heterocycles. The van der Waals surface area contributed by atoms with Gasteiger partial charge in [0.05, 0.1) is 10.5 Å². The summed E-state index contributed by atoms with van der Waals surface area (Å²) in [6.45, 7) is 0.557. The molecule has 0 saturated heterocycles. The molecule has 0 spiro atoms. The first-order valence-electron chi connectivity index (χ1n) is 6.36. The van der Waals surface area contributed by atoms with Crippen LogP contribution in [0.25, 0.3) is 0 Å². The number of hydrogen-bond donors (Lipinski definition) is 0. The highest BCUT2D eigenvalue weighted by atomic mass is 79.9. The van der Waals surface area contributed by atoms with Crippen LogP contribution in [-0.4, -0.2) is 30.1 Å². The molecule has 6 heteroatoms. The molecule has 1 atom stereocenters. The molecule has 0 bridgehead atoms. The summed E-state index contributed by atoms with van der Waals surface area (Å²) in [5, 5.41) is 0.585.